The SMILES string of the molecule is CCCC(CN)(C(=O)OC)C(C)(C)F. The third kappa shape index (κ3) is 2.23. The van der Waals surface area contributed by atoms with E-state index in [1.54, 1.807) is 0 Å². The zero-order chi connectivity index (χ0) is 11.4. The topological polar surface area (TPSA) is 52.3 Å². The van der Waals surface area contributed by atoms with Crippen LogP contribution in [0.25, 0.3) is 0 Å². The molecule has 1 unspecified atom stereocenters. The van der Waals surface area contributed by atoms with Crippen LogP contribution in [0.2, 0.25) is 0 Å². The van der Waals surface area contributed by atoms with Gasteiger partial charge in [0.1, 0.15) is 11.1 Å². The molecule has 84 valence electrons. The Morgan fingerprint density at radius 1 is 1.50 bits per heavy atom. The van der Waals surface area contributed by atoms with Gasteiger partial charge in [-0.25, -0.2) is 4.39 Å². The molecule has 2 N–H and O–H groups in total. The Kier molecular flexibility index (Phi) is 4.52. The van der Waals surface area contributed by atoms with Crippen molar-refractivity contribution in [3.63, 3.8) is 0 Å². The van der Waals surface area contributed by atoms with Crippen LogP contribution in [0, 0.1) is 5.41 Å². The molecule has 0 aromatic rings. The van der Waals surface area contributed by atoms with Crippen molar-refractivity contribution in [3.8, 4) is 0 Å². The number of alkyl halides is 1. The minimum absolute atomic E-state index is 0.0307. The van der Waals surface area contributed by atoms with Crippen LogP contribution in [0.15, 0.2) is 0 Å². The molecule has 0 aromatic heterocycles. The van der Waals surface area contributed by atoms with Crippen molar-refractivity contribution >= 4 is 5.97 Å². The largest absolute Gasteiger partial charge is 0.468 e. The fourth-order valence-corrected chi connectivity index (χ4v) is 1.69. The summed E-state index contributed by atoms with van der Waals surface area (Å²) in [5.41, 5.74) is 2.64. The molecule has 0 radical (unpaired) electrons. The first-order valence-corrected chi connectivity index (χ1v) is 4.83. The van der Waals surface area contributed by atoms with E-state index in [2.05, 4.69) is 4.74 Å². The van der Waals surface area contributed by atoms with Gasteiger partial charge in [0, 0.05) is 6.54 Å². The molecule has 4 heteroatoms. The van der Waals surface area contributed by atoms with Gasteiger partial charge in [0.15, 0.2) is 0 Å². The van der Waals surface area contributed by atoms with Crippen LogP contribution in [0.3, 0.4) is 0 Å². The Morgan fingerprint density at radius 3 is 2.21 bits per heavy atom. The number of carbonyl (C=O) groups is 1. The molecular formula is C10H20FNO2. The van der Waals surface area contributed by atoms with Gasteiger partial charge in [-0.1, -0.05) is 13.3 Å². The molecule has 3 nitrogen and oxygen atoms in total. The lowest BCUT2D eigenvalue weighted by Crippen LogP contribution is -2.52. The lowest BCUT2D eigenvalue weighted by atomic mass is 9.71. The number of carbonyl (C=O) groups excluding carboxylic acids is 1. The van der Waals surface area contributed by atoms with Gasteiger partial charge in [0.25, 0.3) is 0 Å². The zero-order valence-corrected chi connectivity index (χ0v) is 9.39. The summed E-state index contributed by atoms with van der Waals surface area (Å²) in [5, 5.41) is 0. The third-order valence-corrected chi connectivity index (χ3v) is 2.74. The predicted octanol–water partition coefficient (Wildman–Crippen LogP) is 1.65. The molecule has 0 heterocycles. The van der Waals surface area contributed by atoms with Crippen LogP contribution in [0.4, 0.5) is 4.39 Å². The Morgan fingerprint density at radius 2 is 2.00 bits per heavy atom. The normalized spacial score (nSPS) is 16.1. The second-order valence-electron chi connectivity index (χ2n) is 4.00. The van der Waals surface area contributed by atoms with Gasteiger partial charge in [-0.3, -0.25) is 4.79 Å². The van der Waals surface area contributed by atoms with Crippen molar-refractivity contribution in [2.45, 2.75) is 39.3 Å². The number of hydrogen-bond donors (Lipinski definition) is 1. The standard InChI is InChI=1S/C10H20FNO2/c1-5-6-10(7-12,8(13)14-4)9(2,3)11/h5-7,12H2,1-4H3. The van der Waals surface area contributed by atoms with Gasteiger partial charge < -0.3 is 10.5 Å². The van der Waals surface area contributed by atoms with Crippen LogP contribution in [-0.2, 0) is 9.53 Å². The second-order valence-corrected chi connectivity index (χ2v) is 4.00. The van der Waals surface area contributed by atoms with Crippen molar-refractivity contribution in [1.82, 2.24) is 0 Å². The highest BCUT2D eigenvalue weighted by Gasteiger charge is 2.51. The summed E-state index contributed by atoms with van der Waals surface area (Å²) in [6.07, 6.45) is 1.10. The number of ether oxygens (including phenoxy) is 1. The van der Waals surface area contributed by atoms with E-state index >= 15 is 0 Å². The smallest absolute Gasteiger partial charge is 0.316 e. The van der Waals surface area contributed by atoms with E-state index in [-0.39, 0.29) is 6.54 Å². The summed E-state index contributed by atoms with van der Waals surface area (Å²) in [6.45, 7) is 4.59. The molecule has 0 spiro atoms. The molecule has 14 heavy (non-hydrogen) atoms. The van der Waals surface area contributed by atoms with Gasteiger partial charge in [-0.05, 0) is 20.3 Å². The quantitative estimate of drug-likeness (QED) is 0.694. The van der Waals surface area contributed by atoms with Crippen molar-refractivity contribution in [2.24, 2.45) is 11.1 Å². The molecule has 0 rings (SSSR count). The van der Waals surface area contributed by atoms with E-state index in [1.807, 2.05) is 6.92 Å². The van der Waals surface area contributed by atoms with Gasteiger partial charge in [0.05, 0.1) is 7.11 Å². The molecule has 0 fully saturated rings. The van der Waals surface area contributed by atoms with E-state index in [1.165, 1.54) is 21.0 Å². The Bertz CT molecular complexity index is 201. The van der Waals surface area contributed by atoms with Gasteiger partial charge in [-0.15, -0.1) is 0 Å². The maximum absolute atomic E-state index is 14.0. The molecule has 1 atom stereocenters. The highest BCUT2D eigenvalue weighted by Crippen LogP contribution is 2.39. The van der Waals surface area contributed by atoms with E-state index in [4.69, 9.17) is 5.73 Å². The average Bonchev–Trinajstić information content (AvgIpc) is 2.11. The molecule has 0 aliphatic heterocycles. The first kappa shape index (κ1) is 13.4. The fraction of sp³-hybridized carbons (Fsp3) is 0.900. The van der Waals surface area contributed by atoms with Crippen molar-refractivity contribution in [3.05, 3.63) is 0 Å². The summed E-state index contributed by atoms with van der Waals surface area (Å²) < 4.78 is 18.6. The second kappa shape index (κ2) is 4.73. The Hall–Kier alpha value is -0.640. The van der Waals surface area contributed by atoms with Crippen molar-refractivity contribution < 1.29 is 13.9 Å². The molecular weight excluding hydrogens is 185 g/mol. The first-order valence-electron chi connectivity index (χ1n) is 4.83. The minimum Gasteiger partial charge on any atom is -0.468 e. The van der Waals surface area contributed by atoms with E-state index in [0.29, 0.717) is 12.8 Å². The number of halogens is 1. The molecule has 0 aromatic carbocycles. The van der Waals surface area contributed by atoms with Crippen LogP contribution in [-0.4, -0.2) is 25.3 Å². The zero-order valence-electron chi connectivity index (χ0n) is 9.39. The molecule has 0 aliphatic carbocycles. The molecule has 0 saturated carbocycles. The number of rotatable bonds is 5. The fourth-order valence-electron chi connectivity index (χ4n) is 1.69. The number of hydrogen-bond acceptors (Lipinski definition) is 3. The van der Waals surface area contributed by atoms with Crippen molar-refractivity contribution in [2.75, 3.05) is 13.7 Å². The summed E-state index contributed by atoms with van der Waals surface area (Å²) >= 11 is 0. The highest BCUT2D eigenvalue weighted by atomic mass is 19.1. The maximum Gasteiger partial charge on any atom is 0.316 e. The lowest BCUT2D eigenvalue weighted by molar-refractivity contribution is -0.162. The Balaban J connectivity index is 5.08. The summed E-state index contributed by atoms with van der Waals surface area (Å²) in [5.74, 6) is -0.561. The summed E-state index contributed by atoms with van der Waals surface area (Å²) in [7, 11) is 1.26. The van der Waals surface area contributed by atoms with Crippen molar-refractivity contribution in [1.29, 1.82) is 0 Å². The van der Waals surface area contributed by atoms with E-state index in [9.17, 15) is 9.18 Å². The molecule has 0 bridgehead atoms. The summed E-state index contributed by atoms with van der Waals surface area (Å²) in [4.78, 5) is 11.6. The number of esters is 1. The van der Waals surface area contributed by atoms with E-state index in [0.717, 1.165) is 0 Å². The average molecular weight is 205 g/mol. The van der Waals surface area contributed by atoms with Crippen LogP contribution in [0.1, 0.15) is 33.6 Å². The number of nitrogens with two attached hydrogens (primary N) is 1. The molecule has 0 amide bonds. The molecule has 0 saturated heterocycles. The van der Waals surface area contributed by atoms with E-state index < -0.39 is 17.1 Å². The van der Waals surface area contributed by atoms with Gasteiger partial charge in [0.2, 0.25) is 0 Å². The first-order chi connectivity index (χ1) is 6.35. The minimum atomic E-state index is -1.66. The lowest BCUT2D eigenvalue weighted by Gasteiger charge is -2.37. The Labute approximate surface area is 84.8 Å². The monoisotopic (exact) mass is 205 g/mol. The predicted molar refractivity (Wildman–Crippen MR) is 53.6 cm³/mol. The van der Waals surface area contributed by atoms with Crippen LogP contribution >= 0.6 is 0 Å². The summed E-state index contributed by atoms with van der Waals surface area (Å²) in [6, 6.07) is 0. The highest BCUT2D eigenvalue weighted by molar-refractivity contribution is 5.78. The maximum atomic E-state index is 14.0. The van der Waals surface area contributed by atoms with Gasteiger partial charge in [-0.2, -0.15) is 0 Å². The van der Waals surface area contributed by atoms with Crippen LogP contribution in [0.5, 0.6) is 0 Å². The number of methoxy groups -OCH3 is 1. The molecule has 0 aliphatic rings. The van der Waals surface area contributed by atoms with Crippen LogP contribution < -0.4 is 5.73 Å². The third-order valence-electron chi connectivity index (χ3n) is 2.74. The van der Waals surface area contributed by atoms with Gasteiger partial charge >= 0.3 is 5.97 Å².